The highest BCUT2D eigenvalue weighted by Crippen LogP contribution is 2.25. The van der Waals surface area contributed by atoms with Crippen LogP contribution < -0.4 is 5.32 Å². The molecule has 6 nitrogen and oxygen atoms in total. The summed E-state index contributed by atoms with van der Waals surface area (Å²) < 4.78 is 11.3. The highest BCUT2D eigenvalue weighted by molar-refractivity contribution is 5.97. The lowest BCUT2D eigenvalue weighted by Gasteiger charge is -2.37. The summed E-state index contributed by atoms with van der Waals surface area (Å²) >= 11 is 0. The summed E-state index contributed by atoms with van der Waals surface area (Å²) in [7, 11) is 0. The van der Waals surface area contributed by atoms with Crippen molar-refractivity contribution in [2.45, 2.75) is 33.0 Å². The Labute approximate surface area is 153 Å². The number of ether oxygens (including phenoxy) is 1. The van der Waals surface area contributed by atoms with Crippen LogP contribution in [0.15, 0.2) is 40.8 Å². The van der Waals surface area contributed by atoms with Gasteiger partial charge in [0, 0.05) is 6.54 Å². The molecule has 1 aliphatic heterocycles. The van der Waals surface area contributed by atoms with Crippen molar-refractivity contribution in [3.63, 3.8) is 0 Å². The number of aryl methyl sites for hydroxylation is 2. The van der Waals surface area contributed by atoms with Crippen LogP contribution in [0.5, 0.6) is 0 Å². The van der Waals surface area contributed by atoms with E-state index in [4.69, 9.17) is 9.15 Å². The number of morpholine rings is 1. The van der Waals surface area contributed by atoms with Crippen molar-refractivity contribution >= 4 is 11.8 Å². The quantitative estimate of drug-likeness (QED) is 0.914. The zero-order chi connectivity index (χ0) is 18.7. The molecular formula is C20H24N2O4. The minimum atomic E-state index is -0.298. The lowest BCUT2D eigenvalue weighted by atomic mass is 10.1. The summed E-state index contributed by atoms with van der Waals surface area (Å²) in [6, 6.07) is 11.5. The zero-order valence-corrected chi connectivity index (χ0v) is 15.3. The molecule has 1 aromatic heterocycles. The van der Waals surface area contributed by atoms with Gasteiger partial charge in [-0.15, -0.1) is 0 Å². The average Bonchev–Trinajstić information content (AvgIpc) is 2.98. The second kappa shape index (κ2) is 7.74. The molecule has 1 aliphatic rings. The average molecular weight is 356 g/mol. The van der Waals surface area contributed by atoms with E-state index in [1.165, 1.54) is 0 Å². The number of nitrogens with zero attached hydrogens (tertiary/aromatic N) is 1. The molecule has 1 N–H and O–H groups in total. The highest BCUT2D eigenvalue weighted by Gasteiger charge is 2.29. The molecule has 1 saturated heterocycles. The van der Waals surface area contributed by atoms with Crippen LogP contribution in [-0.4, -0.2) is 42.5 Å². The fourth-order valence-corrected chi connectivity index (χ4v) is 3.23. The van der Waals surface area contributed by atoms with E-state index in [0.29, 0.717) is 30.2 Å². The maximum absolute atomic E-state index is 12.6. The first kappa shape index (κ1) is 18.2. The Hall–Kier alpha value is -2.60. The second-order valence-electron chi connectivity index (χ2n) is 6.65. The Morgan fingerprint density at radius 2 is 1.92 bits per heavy atom. The van der Waals surface area contributed by atoms with Gasteiger partial charge in [-0.25, -0.2) is 0 Å². The predicted octanol–water partition coefficient (Wildman–Crippen LogP) is 2.61. The summed E-state index contributed by atoms with van der Waals surface area (Å²) in [6.07, 6.45) is -0.217. The molecule has 2 amide bonds. The summed E-state index contributed by atoms with van der Waals surface area (Å²) in [6.45, 7) is 6.42. The topological polar surface area (TPSA) is 71.8 Å². The van der Waals surface area contributed by atoms with Crippen molar-refractivity contribution in [2.24, 2.45) is 0 Å². The van der Waals surface area contributed by atoms with Crippen molar-refractivity contribution < 1.29 is 18.7 Å². The molecule has 6 heteroatoms. The van der Waals surface area contributed by atoms with E-state index in [-0.39, 0.29) is 30.6 Å². The van der Waals surface area contributed by atoms with E-state index >= 15 is 0 Å². The number of rotatable bonds is 4. The third-order valence-electron chi connectivity index (χ3n) is 4.47. The van der Waals surface area contributed by atoms with E-state index in [1.54, 1.807) is 24.8 Å². The fourth-order valence-electron chi connectivity index (χ4n) is 3.23. The van der Waals surface area contributed by atoms with E-state index in [2.05, 4.69) is 5.32 Å². The van der Waals surface area contributed by atoms with Gasteiger partial charge in [0.2, 0.25) is 5.91 Å². The minimum Gasteiger partial charge on any atom is -0.466 e. The molecule has 0 unspecified atom stereocenters. The van der Waals surface area contributed by atoms with Crippen LogP contribution in [0.3, 0.4) is 0 Å². The Balaban J connectivity index is 1.60. The van der Waals surface area contributed by atoms with Gasteiger partial charge in [0.15, 0.2) is 0 Å². The Kier molecular flexibility index (Phi) is 5.42. The van der Waals surface area contributed by atoms with Crippen molar-refractivity contribution in [2.75, 3.05) is 19.6 Å². The number of hydrogen-bond acceptors (Lipinski definition) is 4. The summed E-state index contributed by atoms with van der Waals surface area (Å²) in [5, 5.41) is 2.69. The molecular weight excluding hydrogens is 332 g/mol. The van der Waals surface area contributed by atoms with Crippen LogP contribution in [0.2, 0.25) is 0 Å². The number of furan rings is 1. The van der Waals surface area contributed by atoms with E-state index in [9.17, 15) is 9.59 Å². The maximum Gasteiger partial charge on any atom is 0.255 e. The first-order valence-corrected chi connectivity index (χ1v) is 8.77. The lowest BCUT2D eigenvalue weighted by Crippen LogP contribution is -2.49. The molecule has 0 bridgehead atoms. The largest absolute Gasteiger partial charge is 0.466 e. The van der Waals surface area contributed by atoms with Gasteiger partial charge >= 0.3 is 0 Å². The second-order valence-corrected chi connectivity index (χ2v) is 6.65. The standard InChI is InChI=1S/C20H24N2O4/c1-13-9-17(15(3)25-13)20(24)21-10-19(23)22-11-14(2)26-18(12-22)16-7-5-4-6-8-16/h4-9,14,18H,10-12H2,1-3H3,(H,21,24)/t14-,18+/m0/s1. The van der Waals surface area contributed by atoms with Gasteiger partial charge in [-0.2, -0.15) is 0 Å². The summed E-state index contributed by atoms with van der Waals surface area (Å²) in [5.74, 6) is 0.809. The molecule has 2 heterocycles. The van der Waals surface area contributed by atoms with Crippen molar-refractivity contribution in [1.29, 1.82) is 0 Å². The van der Waals surface area contributed by atoms with Gasteiger partial charge < -0.3 is 19.4 Å². The van der Waals surface area contributed by atoms with Crippen LogP contribution in [-0.2, 0) is 9.53 Å². The first-order valence-electron chi connectivity index (χ1n) is 8.77. The molecule has 2 atom stereocenters. The number of nitrogens with one attached hydrogen (secondary N) is 1. The fraction of sp³-hybridized carbons (Fsp3) is 0.400. The van der Waals surface area contributed by atoms with Gasteiger partial charge in [-0.05, 0) is 32.4 Å². The molecule has 0 aliphatic carbocycles. The van der Waals surface area contributed by atoms with E-state index in [0.717, 1.165) is 5.56 Å². The number of carbonyl (C=O) groups is 2. The third-order valence-corrected chi connectivity index (χ3v) is 4.47. The van der Waals surface area contributed by atoms with Gasteiger partial charge in [-0.1, -0.05) is 30.3 Å². The monoisotopic (exact) mass is 356 g/mol. The van der Waals surface area contributed by atoms with Gasteiger partial charge in [0.25, 0.3) is 5.91 Å². The third kappa shape index (κ3) is 4.14. The van der Waals surface area contributed by atoms with Crippen LogP contribution in [0, 0.1) is 13.8 Å². The minimum absolute atomic E-state index is 0.0449. The molecule has 2 aromatic rings. The molecule has 0 spiro atoms. The normalized spacial score (nSPS) is 20.0. The smallest absolute Gasteiger partial charge is 0.255 e. The molecule has 0 saturated carbocycles. The molecule has 0 radical (unpaired) electrons. The predicted molar refractivity (Wildman–Crippen MR) is 96.8 cm³/mol. The van der Waals surface area contributed by atoms with Gasteiger partial charge in [-0.3, -0.25) is 9.59 Å². The molecule has 26 heavy (non-hydrogen) atoms. The van der Waals surface area contributed by atoms with Crippen molar-refractivity contribution in [3.8, 4) is 0 Å². The molecule has 1 aromatic carbocycles. The SMILES string of the molecule is Cc1cc(C(=O)NCC(=O)N2C[C@H](C)O[C@@H](c3ccccc3)C2)c(C)o1. The van der Waals surface area contributed by atoms with Gasteiger partial charge in [0.1, 0.15) is 17.6 Å². The summed E-state index contributed by atoms with van der Waals surface area (Å²) in [4.78, 5) is 26.6. The Morgan fingerprint density at radius 1 is 1.19 bits per heavy atom. The lowest BCUT2D eigenvalue weighted by molar-refractivity contribution is -0.143. The molecule has 3 rings (SSSR count). The molecule has 138 valence electrons. The van der Waals surface area contributed by atoms with E-state index in [1.807, 2.05) is 37.3 Å². The van der Waals surface area contributed by atoms with Gasteiger partial charge in [0.05, 0.1) is 24.8 Å². The highest BCUT2D eigenvalue weighted by atomic mass is 16.5. The zero-order valence-electron chi connectivity index (χ0n) is 15.3. The van der Waals surface area contributed by atoms with Crippen molar-refractivity contribution in [1.82, 2.24) is 10.2 Å². The Bertz CT molecular complexity index is 784. The number of hydrogen-bond donors (Lipinski definition) is 1. The number of carbonyl (C=O) groups excluding carboxylic acids is 2. The van der Waals surface area contributed by atoms with E-state index < -0.39 is 0 Å². The first-order chi connectivity index (χ1) is 12.4. The Morgan fingerprint density at radius 3 is 2.58 bits per heavy atom. The number of amides is 2. The number of benzene rings is 1. The molecule has 1 fully saturated rings. The maximum atomic E-state index is 12.6. The van der Waals surface area contributed by atoms with Crippen LogP contribution in [0.25, 0.3) is 0 Å². The van der Waals surface area contributed by atoms with Crippen LogP contribution in [0.4, 0.5) is 0 Å². The van der Waals surface area contributed by atoms with Crippen LogP contribution in [0.1, 0.15) is 40.5 Å². The summed E-state index contributed by atoms with van der Waals surface area (Å²) in [5.41, 5.74) is 1.51. The van der Waals surface area contributed by atoms with Crippen molar-refractivity contribution in [3.05, 3.63) is 59.0 Å². The van der Waals surface area contributed by atoms with Crippen LogP contribution >= 0.6 is 0 Å².